The number of hydroxylamine groups is 2. The molecule has 2 aliphatic heterocycles. The molecule has 132 valence electrons. The second-order valence-electron chi connectivity index (χ2n) is 6.54. The van der Waals surface area contributed by atoms with Crippen LogP contribution in [0.5, 0.6) is 0 Å². The van der Waals surface area contributed by atoms with Crippen molar-refractivity contribution in [2.45, 2.75) is 12.8 Å². The Kier molecular flexibility index (Phi) is 3.55. The predicted molar refractivity (Wildman–Crippen MR) is 99.8 cm³/mol. The lowest BCUT2D eigenvalue weighted by atomic mass is 10.1. The van der Waals surface area contributed by atoms with Gasteiger partial charge in [-0.1, -0.05) is 60.7 Å². The fourth-order valence-corrected chi connectivity index (χ4v) is 3.71. The SMILES string of the molecule is O=C1c2ccccc2N2C(=O)c3ccccc3C2N1OCc1ccccc1. The van der Waals surface area contributed by atoms with Gasteiger partial charge in [0.15, 0.2) is 6.17 Å². The fourth-order valence-electron chi connectivity index (χ4n) is 3.71. The highest BCUT2D eigenvalue weighted by Crippen LogP contribution is 2.45. The van der Waals surface area contributed by atoms with Crippen LogP contribution in [0.4, 0.5) is 5.69 Å². The first-order valence-corrected chi connectivity index (χ1v) is 8.77. The van der Waals surface area contributed by atoms with Crippen molar-refractivity contribution in [1.29, 1.82) is 0 Å². The summed E-state index contributed by atoms with van der Waals surface area (Å²) in [5, 5.41) is 1.33. The van der Waals surface area contributed by atoms with Crippen molar-refractivity contribution in [2.24, 2.45) is 0 Å². The minimum absolute atomic E-state index is 0.121. The van der Waals surface area contributed by atoms with Crippen molar-refractivity contribution in [3.63, 3.8) is 0 Å². The molecule has 0 saturated heterocycles. The van der Waals surface area contributed by atoms with Gasteiger partial charge in [-0.2, -0.15) is 5.06 Å². The Labute approximate surface area is 156 Å². The van der Waals surface area contributed by atoms with Crippen LogP contribution in [0.15, 0.2) is 78.9 Å². The van der Waals surface area contributed by atoms with Crippen molar-refractivity contribution < 1.29 is 14.4 Å². The summed E-state index contributed by atoms with van der Waals surface area (Å²) >= 11 is 0. The molecule has 0 bridgehead atoms. The zero-order valence-corrected chi connectivity index (χ0v) is 14.4. The van der Waals surface area contributed by atoms with E-state index >= 15 is 0 Å². The molecule has 2 heterocycles. The van der Waals surface area contributed by atoms with E-state index in [0.717, 1.165) is 11.1 Å². The molecule has 3 aromatic rings. The van der Waals surface area contributed by atoms with Crippen LogP contribution in [-0.2, 0) is 11.4 Å². The Morgan fingerprint density at radius 2 is 1.41 bits per heavy atom. The molecule has 0 saturated carbocycles. The van der Waals surface area contributed by atoms with Gasteiger partial charge in [-0.15, -0.1) is 0 Å². The van der Waals surface area contributed by atoms with E-state index in [-0.39, 0.29) is 18.4 Å². The molecule has 3 aromatic carbocycles. The van der Waals surface area contributed by atoms with Gasteiger partial charge in [-0.3, -0.25) is 19.3 Å². The maximum Gasteiger partial charge on any atom is 0.281 e. The quantitative estimate of drug-likeness (QED) is 0.714. The lowest BCUT2D eigenvalue weighted by molar-refractivity contribution is -0.160. The van der Waals surface area contributed by atoms with Gasteiger partial charge in [0.2, 0.25) is 0 Å². The number of hydrogen-bond acceptors (Lipinski definition) is 3. The van der Waals surface area contributed by atoms with E-state index in [1.807, 2.05) is 54.6 Å². The molecule has 5 heteroatoms. The molecular weight excluding hydrogens is 340 g/mol. The van der Waals surface area contributed by atoms with Crippen LogP contribution in [-0.4, -0.2) is 16.9 Å². The molecule has 1 atom stereocenters. The van der Waals surface area contributed by atoms with Gasteiger partial charge in [0, 0.05) is 11.1 Å². The molecule has 2 aliphatic rings. The Bertz CT molecular complexity index is 1050. The van der Waals surface area contributed by atoms with Gasteiger partial charge < -0.3 is 0 Å². The summed E-state index contributed by atoms with van der Waals surface area (Å²) in [6.07, 6.45) is -0.597. The van der Waals surface area contributed by atoms with Gasteiger partial charge >= 0.3 is 0 Å². The van der Waals surface area contributed by atoms with Gasteiger partial charge in [0.05, 0.1) is 11.3 Å². The van der Waals surface area contributed by atoms with Crippen molar-refractivity contribution in [3.05, 3.63) is 101 Å². The maximum atomic E-state index is 13.2. The monoisotopic (exact) mass is 356 g/mol. The lowest BCUT2D eigenvalue weighted by Gasteiger charge is -2.39. The van der Waals surface area contributed by atoms with Crippen molar-refractivity contribution in [3.8, 4) is 0 Å². The van der Waals surface area contributed by atoms with Crippen molar-refractivity contribution in [2.75, 3.05) is 4.90 Å². The van der Waals surface area contributed by atoms with E-state index in [0.29, 0.717) is 16.8 Å². The van der Waals surface area contributed by atoms with E-state index in [1.165, 1.54) is 5.06 Å². The Balaban J connectivity index is 1.60. The fraction of sp³-hybridized carbons (Fsp3) is 0.0909. The van der Waals surface area contributed by atoms with Crippen LogP contribution >= 0.6 is 0 Å². The minimum atomic E-state index is -0.597. The van der Waals surface area contributed by atoms with E-state index in [2.05, 4.69) is 0 Å². The first-order chi connectivity index (χ1) is 13.3. The summed E-state index contributed by atoms with van der Waals surface area (Å²) in [5.74, 6) is -0.365. The van der Waals surface area contributed by atoms with Crippen LogP contribution in [0.3, 0.4) is 0 Å². The molecule has 5 rings (SSSR count). The van der Waals surface area contributed by atoms with Crippen LogP contribution < -0.4 is 4.90 Å². The molecule has 2 amide bonds. The largest absolute Gasteiger partial charge is 0.281 e. The van der Waals surface area contributed by atoms with Gasteiger partial charge in [-0.05, 0) is 23.8 Å². The van der Waals surface area contributed by atoms with E-state index < -0.39 is 6.17 Å². The van der Waals surface area contributed by atoms with Gasteiger partial charge in [-0.25, -0.2) is 0 Å². The van der Waals surface area contributed by atoms with Crippen LogP contribution in [0.1, 0.15) is 38.0 Å². The standard InChI is InChI=1S/C22H16N2O3/c25-21-17-11-5-4-10-16(17)20-23(21)19-13-7-6-12-18(19)22(26)24(20)27-14-15-8-2-1-3-9-15/h1-13,20H,14H2. The number of para-hydroxylation sites is 1. The summed E-state index contributed by atoms with van der Waals surface area (Å²) in [5.41, 5.74) is 3.41. The number of anilines is 1. The first kappa shape index (κ1) is 15.8. The second kappa shape index (κ2) is 6.07. The molecule has 0 aromatic heterocycles. The van der Waals surface area contributed by atoms with Crippen molar-refractivity contribution >= 4 is 17.5 Å². The van der Waals surface area contributed by atoms with E-state index in [9.17, 15) is 9.59 Å². The summed E-state index contributed by atoms with van der Waals surface area (Å²) in [6, 6.07) is 24.2. The molecule has 0 fully saturated rings. The molecule has 5 nitrogen and oxygen atoms in total. The van der Waals surface area contributed by atoms with Crippen LogP contribution in [0.25, 0.3) is 0 Å². The van der Waals surface area contributed by atoms with Gasteiger partial charge in [0.25, 0.3) is 11.8 Å². The average molecular weight is 356 g/mol. The van der Waals surface area contributed by atoms with Crippen molar-refractivity contribution in [1.82, 2.24) is 5.06 Å². The lowest BCUT2D eigenvalue weighted by Crippen LogP contribution is -2.48. The normalized spacial score (nSPS) is 17.6. The Morgan fingerprint density at radius 1 is 0.741 bits per heavy atom. The average Bonchev–Trinajstić information content (AvgIpc) is 3.02. The molecular formula is C22H16N2O3. The Morgan fingerprint density at radius 3 is 2.22 bits per heavy atom. The summed E-state index contributed by atoms with van der Waals surface area (Å²) in [7, 11) is 0. The highest BCUT2D eigenvalue weighted by Gasteiger charge is 2.48. The number of fused-ring (bicyclic) bond motifs is 5. The highest BCUT2D eigenvalue weighted by atomic mass is 16.7. The summed E-state index contributed by atoms with van der Waals surface area (Å²) in [6.45, 7) is 0.245. The molecule has 27 heavy (non-hydrogen) atoms. The number of rotatable bonds is 3. The molecule has 0 spiro atoms. The second-order valence-corrected chi connectivity index (χ2v) is 6.54. The Hall–Kier alpha value is -3.44. The summed E-state index contributed by atoms with van der Waals surface area (Å²) < 4.78 is 0. The number of benzene rings is 3. The van der Waals surface area contributed by atoms with Crippen LogP contribution in [0.2, 0.25) is 0 Å². The first-order valence-electron chi connectivity index (χ1n) is 8.77. The predicted octanol–water partition coefficient (Wildman–Crippen LogP) is 3.93. The number of carbonyl (C=O) groups excluding carboxylic acids is 2. The third-order valence-electron chi connectivity index (χ3n) is 4.96. The number of nitrogens with zero attached hydrogens (tertiary/aromatic N) is 2. The van der Waals surface area contributed by atoms with Gasteiger partial charge in [0.1, 0.15) is 6.61 Å². The zero-order valence-electron chi connectivity index (χ0n) is 14.4. The smallest absolute Gasteiger partial charge is 0.280 e. The third kappa shape index (κ3) is 2.36. The highest BCUT2D eigenvalue weighted by molar-refractivity contribution is 6.16. The summed E-state index contributed by atoms with van der Waals surface area (Å²) in [4.78, 5) is 33.8. The van der Waals surface area contributed by atoms with Crippen LogP contribution in [0, 0.1) is 0 Å². The molecule has 0 aliphatic carbocycles. The molecule has 1 unspecified atom stereocenters. The maximum absolute atomic E-state index is 13.2. The van der Waals surface area contributed by atoms with E-state index in [4.69, 9.17) is 4.84 Å². The topological polar surface area (TPSA) is 49.9 Å². The third-order valence-corrected chi connectivity index (χ3v) is 4.96. The molecule has 0 N–H and O–H groups in total. The zero-order chi connectivity index (χ0) is 18.4. The number of carbonyl (C=O) groups is 2. The number of amides is 2. The number of hydrogen-bond donors (Lipinski definition) is 0. The van der Waals surface area contributed by atoms with E-state index in [1.54, 1.807) is 29.2 Å². The minimum Gasteiger partial charge on any atom is -0.280 e. The molecule has 0 radical (unpaired) electrons.